The van der Waals surface area contributed by atoms with Crippen LogP contribution in [0, 0.1) is 0 Å². The monoisotopic (exact) mass is 243 g/mol. The molecular formula is C13H13N3O2. The molecule has 2 heterocycles. The largest absolute Gasteiger partial charge is 0.478 e. The van der Waals surface area contributed by atoms with Crippen molar-refractivity contribution in [3.63, 3.8) is 0 Å². The SMILES string of the molecule is CCn1cc(-c2ccncc2/C=C/C(=O)O)cn1. The number of rotatable bonds is 4. The quantitative estimate of drug-likeness (QED) is 0.834. The van der Waals surface area contributed by atoms with Gasteiger partial charge in [-0.15, -0.1) is 0 Å². The van der Waals surface area contributed by atoms with E-state index in [1.165, 1.54) is 6.08 Å². The lowest BCUT2D eigenvalue weighted by Gasteiger charge is -2.01. The molecular weight excluding hydrogens is 230 g/mol. The van der Waals surface area contributed by atoms with Gasteiger partial charge in [-0.05, 0) is 24.6 Å². The first-order chi connectivity index (χ1) is 8.70. The van der Waals surface area contributed by atoms with Crippen molar-refractivity contribution in [2.24, 2.45) is 0 Å². The van der Waals surface area contributed by atoms with Gasteiger partial charge in [-0.25, -0.2) is 4.79 Å². The maximum absolute atomic E-state index is 10.5. The van der Waals surface area contributed by atoms with Crippen LogP contribution in [0.25, 0.3) is 17.2 Å². The third kappa shape index (κ3) is 2.63. The van der Waals surface area contributed by atoms with Gasteiger partial charge >= 0.3 is 5.97 Å². The zero-order chi connectivity index (χ0) is 13.0. The molecule has 0 aliphatic carbocycles. The fourth-order valence-corrected chi connectivity index (χ4v) is 1.64. The average molecular weight is 243 g/mol. The van der Waals surface area contributed by atoms with Crippen LogP contribution in [0.15, 0.2) is 36.9 Å². The number of carboxylic acids is 1. The second-order valence-corrected chi connectivity index (χ2v) is 3.72. The molecule has 5 nitrogen and oxygen atoms in total. The molecule has 0 radical (unpaired) electrons. The summed E-state index contributed by atoms with van der Waals surface area (Å²) in [5, 5.41) is 12.9. The van der Waals surface area contributed by atoms with Crippen molar-refractivity contribution in [3.8, 4) is 11.1 Å². The Hall–Kier alpha value is -2.43. The predicted octanol–water partition coefficient (Wildman–Crippen LogP) is 2.06. The topological polar surface area (TPSA) is 68.0 Å². The normalized spacial score (nSPS) is 10.9. The van der Waals surface area contributed by atoms with Crippen LogP contribution in [0.3, 0.4) is 0 Å². The van der Waals surface area contributed by atoms with E-state index in [0.29, 0.717) is 0 Å². The molecule has 0 saturated carbocycles. The van der Waals surface area contributed by atoms with Gasteiger partial charge in [0.05, 0.1) is 6.20 Å². The number of hydrogen-bond acceptors (Lipinski definition) is 3. The summed E-state index contributed by atoms with van der Waals surface area (Å²) in [6, 6.07) is 1.85. The first-order valence-corrected chi connectivity index (χ1v) is 5.58. The zero-order valence-electron chi connectivity index (χ0n) is 9.95. The lowest BCUT2D eigenvalue weighted by Crippen LogP contribution is -1.92. The molecule has 18 heavy (non-hydrogen) atoms. The second-order valence-electron chi connectivity index (χ2n) is 3.72. The Balaban J connectivity index is 2.41. The second kappa shape index (κ2) is 5.27. The van der Waals surface area contributed by atoms with E-state index in [0.717, 1.165) is 29.3 Å². The average Bonchev–Trinajstić information content (AvgIpc) is 2.85. The Morgan fingerprint density at radius 1 is 1.50 bits per heavy atom. The number of aryl methyl sites for hydroxylation is 1. The minimum Gasteiger partial charge on any atom is -0.478 e. The van der Waals surface area contributed by atoms with Crippen molar-refractivity contribution >= 4 is 12.0 Å². The Labute approximate surface area is 104 Å². The smallest absolute Gasteiger partial charge is 0.328 e. The van der Waals surface area contributed by atoms with Gasteiger partial charge in [0.1, 0.15) is 0 Å². The third-order valence-corrected chi connectivity index (χ3v) is 2.53. The van der Waals surface area contributed by atoms with Crippen LogP contribution in [-0.2, 0) is 11.3 Å². The van der Waals surface area contributed by atoms with E-state index >= 15 is 0 Å². The van der Waals surface area contributed by atoms with Crippen molar-refractivity contribution in [1.82, 2.24) is 14.8 Å². The number of carboxylic acid groups (broad SMARTS) is 1. The molecule has 0 aromatic carbocycles. The van der Waals surface area contributed by atoms with Crippen molar-refractivity contribution < 1.29 is 9.90 Å². The van der Waals surface area contributed by atoms with E-state index in [2.05, 4.69) is 10.1 Å². The van der Waals surface area contributed by atoms with Crippen LogP contribution in [-0.4, -0.2) is 25.8 Å². The van der Waals surface area contributed by atoms with Crippen molar-refractivity contribution in [3.05, 3.63) is 42.5 Å². The lowest BCUT2D eigenvalue weighted by atomic mass is 10.1. The molecule has 0 aliphatic heterocycles. The van der Waals surface area contributed by atoms with E-state index in [9.17, 15) is 4.79 Å². The zero-order valence-corrected chi connectivity index (χ0v) is 9.95. The van der Waals surface area contributed by atoms with Gasteiger partial charge < -0.3 is 5.11 Å². The van der Waals surface area contributed by atoms with Crippen LogP contribution in [0.5, 0.6) is 0 Å². The fourth-order valence-electron chi connectivity index (χ4n) is 1.64. The minimum atomic E-state index is -0.978. The number of hydrogen-bond donors (Lipinski definition) is 1. The van der Waals surface area contributed by atoms with Crippen LogP contribution in [0.1, 0.15) is 12.5 Å². The molecule has 2 rings (SSSR count). The number of pyridine rings is 1. The van der Waals surface area contributed by atoms with Crippen LogP contribution in [0.4, 0.5) is 0 Å². The van der Waals surface area contributed by atoms with Crippen molar-refractivity contribution in [2.75, 3.05) is 0 Å². The Morgan fingerprint density at radius 3 is 3.00 bits per heavy atom. The summed E-state index contributed by atoms with van der Waals surface area (Å²) in [5.74, 6) is -0.978. The summed E-state index contributed by atoms with van der Waals surface area (Å²) in [6.07, 6.45) is 9.64. The molecule has 0 aliphatic rings. The highest BCUT2D eigenvalue weighted by Crippen LogP contribution is 2.23. The summed E-state index contributed by atoms with van der Waals surface area (Å²) in [4.78, 5) is 14.6. The highest BCUT2D eigenvalue weighted by molar-refractivity contribution is 5.87. The molecule has 0 amide bonds. The molecule has 0 spiro atoms. The van der Waals surface area contributed by atoms with Gasteiger partial charge in [-0.1, -0.05) is 0 Å². The summed E-state index contributed by atoms with van der Waals surface area (Å²) < 4.78 is 1.82. The van der Waals surface area contributed by atoms with Gasteiger partial charge in [0.2, 0.25) is 0 Å². The maximum atomic E-state index is 10.5. The molecule has 92 valence electrons. The van der Waals surface area contributed by atoms with E-state index in [-0.39, 0.29) is 0 Å². The van der Waals surface area contributed by atoms with E-state index < -0.39 is 5.97 Å². The highest BCUT2D eigenvalue weighted by Gasteiger charge is 2.05. The molecule has 0 fully saturated rings. The van der Waals surface area contributed by atoms with Gasteiger partial charge in [-0.2, -0.15) is 5.10 Å². The van der Waals surface area contributed by atoms with Crippen molar-refractivity contribution in [2.45, 2.75) is 13.5 Å². The van der Waals surface area contributed by atoms with Crippen LogP contribution < -0.4 is 0 Å². The maximum Gasteiger partial charge on any atom is 0.328 e. The molecule has 0 unspecified atom stereocenters. The van der Waals surface area contributed by atoms with E-state index in [4.69, 9.17) is 5.11 Å². The third-order valence-electron chi connectivity index (χ3n) is 2.53. The number of aromatic nitrogens is 3. The summed E-state index contributed by atoms with van der Waals surface area (Å²) in [6.45, 7) is 2.81. The molecule has 1 N–H and O–H groups in total. The van der Waals surface area contributed by atoms with Gasteiger partial charge in [0.15, 0.2) is 0 Å². The Morgan fingerprint density at radius 2 is 2.33 bits per heavy atom. The molecule has 0 saturated heterocycles. The Bertz CT molecular complexity index is 587. The first kappa shape index (κ1) is 12.0. The first-order valence-electron chi connectivity index (χ1n) is 5.58. The molecule has 0 bridgehead atoms. The standard InChI is InChI=1S/C13H13N3O2/c1-2-16-9-11(8-15-16)12-5-6-14-7-10(12)3-4-13(17)18/h3-9H,2H2,1H3,(H,17,18)/b4-3+. The van der Waals surface area contributed by atoms with Crippen molar-refractivity contribution in [1.29, 1.82) is 0 Å². The highest BCUT2D eigenvalue weighted by atomic mass is 16.4. The lowest BCUT2D eigenvalue weighted by molar-refractivity contribution is -0.131. The van der Waals surface area contributed by atoms with E-state index in [1.807, 2.05) is 23.9 Å². The predicted molar refractivity (Wildman–Crippen MR) is 67.8 cm³/mol. The van der Waals surface area contributed by atoms with Gasteiger partial charge in [-0.3, -0.25) is 9.67 Å². The summed E-state index contributed by atoms with van der Waals surface area (Å²) >= 11 is 0. The van der Waals surface area contributed by atoms with Crippen LogP contribution in [0.2, 0.25) is 0 Å². The number of nitrogens with zero attached hydrogens (tertiary/aromatic N) is 3. The molecule has 5 heteroatoms. The molecule has 2 aromatic heterocycles. The number of aliphatic carboxylic acids is 1. The molecule has 0 atom stereocenters. The van der Waals surface area contributed by atoms with Gasteiger partial charge in [0, 0.05) is 42.3 Å². The fraction of sp³-hybridized carbons (Fsp3) is 0.154. The Kier molecular flexibility index (Phi) is 3.52. The summed E-state index contributed by atoms with van der Waals surface area (Å²) in [5.41, 5.74) is 2.63. The summed E-state index contributed by atoms with van der Waals surface area (Å²) in [7, 11) is 0. The van der Waals surface area contributed by atoms with Gasteiger partial charge in [0.25, 0.3) is 0 Å². The number of carbonyl (C=O) groups is 1. The van der Waals surface area contributed by atoms with E-state index in [1.54, 1.807) is 18.6 Å². The van der Waals surface area contributed by atoms with Crippen LogP contribution >= 0.6 is 0 Å². The minimum absolute atomic E-state index is 0.760. The molecule has 2 aromatic rings.